The second kappa shape index (κ2) is 6.54. The van der Waals surface area contributed by atoms with Crippen molar-refractivity contribution in [3.63, 3.8) is 0 Å². The molecule has 0 aromatic rings. The van der Waals surface area contributed by atoms with Crippen molar-refractivity contribution in [3.8, 4) is 0 Å². The lowest BCUT2D eigenvalue weighted by Crippen LogP contribution is -2.05. The third-order valence-electron chi connectivity index (χ3n) is 0.569. The van der Waals surface area contributed by atoms with Crippen LogP contribution in [-0.2, 0) is 4.74 Å². The summed E-state index contributed by atoms with van der Waals surface area (Å²) in [6.07, 6.45) is 0. The minimum atomic E-state index is 0.649. The minimum Gasteiger partial charge on any atom is -0.380 e. The second-order valence-electron chi connectivity index (χ2n) is 1.54. The first-order valence-corrected chi connectivity index (χ1v) is 5.32. The Bertz CT molecular complexity index is 47.7. The first-order valence-electron chi connectivity index (χ1n) is 2.55. The molecule has 0 fully saturated rings. The lowest BCUT2D eigenvalue weighted by atomic mass is 10.5. The van der Waals surface area contributed by atoms with Gasteiger partial charge in [0.15, 0.2) is 0 Å². The number of alkyl halides is 2. The van der Waals surface area contributed by atoms with Crippen molar-refractivity contribution in [2.45, 2.75) is 10.8 Å². The first kappa shape index (κ1) is 9.42. The SMILES string of the molecule is CC(I)COCCI. The minimum absolute atomic E-state index is 0.649. The van der Waals surface area contributed by atoms with Gasteiger partial charge in [-0.2, -0.15) is 0 Å². The summed E-state index contributed by atoms with van der Waals surface area (Å²) in [7, 11) is 0. The van der Waals surface area contributed by atoms with E-state index in [1.807, 2.05) is 0 Å². The molecule has 0 heterocycles. The predicted octanol–water partition coefficient (Wildman–Crippen LogP) is 2.26. The maximum absolute atomic E-state index is 5.23. The molecule has 50 valence electrons. The van der Waals surface area contributed by atoms with E-state index in [4.69, 9.17) is 4.74 Å². The van der Waals surface area contributed by atoms with Gasteiger partial charge in [-0.3, -0.25) is 0 Å². The smallest absolute Gasteiger partial charge is 0.0581 e. The van der Waals surface area contributed by atoms with Crippen LogP contribution in [0.4, 0.5) is 0 Å². The molecular weight excluding hydrogens is 330 g/mol. The molecule has 0 saturated heterocycles. The molecule has 8 heavy (non-hydrogen) atoms. The van der Waals surface area contributed by atoms with Crippen molar-refractivity contribution in [1.82, 2.24) is 0 Å². The zero-order valence-electron chi connectivity index (χ0n) is 4.86. The highest BCUT2D eigenvalue weighted by atomic mass is 127. The van der Waals surface area contributed by atoms with E-state index in [9.17, 15) is 0 Å². The monoisotopic (exact) mass is 340 g/mol. The highest BCUT2D eigenvalue weighted by Crippen LogP contribution is 1.98. The molecule has 1 unspecified atom stereocenters. The Kier molecular flexibility index (Phi) is 7.70. The molecule has 0 radical (unpaired) electrons. The van der Waals surface area contributed by atoms with Gasteiger partial charge >= 0.3 is 0 Å². The molecule has 0 aliphatic heterocycles. The molecule has 0 rings (SSSR count). The lowest BCUT2D eigenvalue weighted by Gasteiger charge is -2.01. The molecule has 0 aliphatic rings. The molecule has 0 saturated carbocycles. The summed E-state index contributed by atoms with van der Waals surface area (Å²) >= 11 is 4.66. The number of ether oxygens (including phenoxy) is 1. The summed E-state index contributed by atoms with van der Waals surface area (Å²) in [5.41, 5.74) is 0. The molecule has 3 heteroatoms. The average Bonchev–Trinajstić information content (AvgIpc) is 1.66. The summed E-state index contributed by atoms with van der Waals surface area (Å²) < 4.78 is 6.98. The lowest BCUT2D eigenvalue weighted by molar-refractivity contribution is 0.158. The van der Waals surface area contributed by atoms with Gasteiger partial charge in [-0.15, -0.1) is 0 Å². The van der Waals surface area contributed by atoms with Crippen molar-refractivity contribution in [1.29, 1.82) is 0 Å². The van der Waals surface area contributed by atoms with Crippen LogP contribution in [0.3, 0.4) is 0 Å². The second-order valence-corrected chi connectivity index (χ2v) is 4.75. The summed E-state index contributed by atoms with van der Waals surface area (Å²) in [6, 6.07) is 0. The molecule has 0 aliphatic carbocycles. The van der Waals surface area contributed by atoms with Crippen LogP contribution in [0.1, 0.15) is 6.92 Å². The van der Waals surface area contributed by atoms with Crippen LogP contribution in [0.15, 0.2) is 0 Å². The van der Waals surface area contributed by atoms with Crippen molar-refractivity contribution >= 4 is 45.2 Å². The number of hydrogen-bond acceptors (Lipinski definition) is 1. The molecule has 0 bridgehead atoms. The zero-order chi connectivity index (χ0) is 6.41. The van der Waals surface area contributed by atoms with Gasteiger partial charge < -0.3 is 4.74 Å². The molecule has 0 amide bonds. The quantitative estimate of drug-likeness (QED) is 0.434. The van der Waals surface area contributed by atoms with Gasteiger partial charge in [0, 0.05) is 8.35 Å². The van der Waals surface area contributed by atoms with Crippen molar-refractivity contribution in [2.24, 2.45) is 0 Å². The Labute approximate surface area is 77.8 Å². The maximum atomic E-state index is 5.23. The van der Waals surface area contributed by atoms with Gasteiger partial charge in [-0.05, 0) is 0 Å². The fourth-order valence-corrected chi connectivity index (χ4v) is 0.866. The van der Waals surface area contributed by atoms with Crippen LogP contribution >= 0.6 is 45.2 Å². The van der Waals surface area contributed by atoms with Gasteiger partial charge in [0.05, 0.1) is 13.2 Å². The third-order valence-corrected chi connectivity index (χ3v) is 1.37. The Morgan fingerprint density at radius 3 is 2.62 bits per heavy atom. The van der Waals surface area contributed by atoms with Crippen LogP contribution in [0, 0.1) is 0 Å². The largest absolute Gasteiger partial charge is 0.380 e. The highest BCUT2D eigenvalue weighted by molar-refractivity contribution is 14.1. The van der Waals surface area contributed by atoms with Crippen molar-refractivity contribution < 1.29 is 4.74 Å². The normalized spacial score (nSPS) is 13.9. The summed E-state index contributed by atoms with van der Waals surface area (Å²) in [5, 5.41) is 0. The average molecular weight is 340 g/mol. The summed E-state index contributed by atoms with van der Waals surface area (Å²) in [6.45, 7) is 3.94. The van der Waals surface area contributed by atoms with E-state index in [0.717, 1.165) is 17.6 Å². The van der Waals surface area contributed by atoms with E-state index in [-0.39, 0.29) is 0 Å². The number of hydrogen-bond donors (Lipinski definition) is 0. The van der Waals surface area contributed by atoms with Gasteiger partial charge in [0.1, 0.15) is 0 Å². The molecule has 0 aromatic carbocycles. The Morgan fingerprint density at radius 1 is 1.62 bits per heavy atom. The molecule has 0 spiro atoms. The maximum Gasteiger partial charge on any atom is 0.0581 e. The standard InChI is InChI=1S/C5H10I2O/c1-5(7)4-8-3-2-6/h5H,2-4H2,1H3. The third kappa shape index (κ3) is 7.42. The Morgan fingerprint density at radius 2 is 2.25 bits per heavy atom. The van der Waals surface area contributed by atoms with Gasteiger partial charge in [0.2, 0.25) is 0 Å². The van der Waals surface area contributed by atoms with Crippen LogP contribution in [0.25, 0.3) is 0 Å². The predicted molar refractivity (Wildman–Crippen MR) is 53.2 cm³/mol. The molecule has 0 aromatic heterocycles. The molecule has 1 nitrogen and oxygen atoms in total. The van der Waals surface area contributed by atoms with Crippen LogP contribution in [0.2, 0.25) is 0 Å². The van der Waals surface area contributed by atoms with E-state index in [1.165, 1.54) is 0 Å². The van der Waals surface area contributed by atoms with Crippen molar-refractivity contribution in [2.75, 3.05) is 17.6 Å². The first-order chi connectivity index (χ1) is 3.77. The van der Waals surface area contributed by atoms with Gasteiger partial charge in [-0.1, -0.05) is 52.1 Å². The van der Waals surface area contributed by atoms with Gasteiger partial charge in [0.25, 0.3) is 0 Å². The highest BCUT2D eigenvalue weighted by Gasteiger charge is 1.92. The van der Waals surface area contributed by atoms with Gasteiger partial charge in [-0.25, -0.2) is 0 Å². The molecular formula is C5H10I2O. The van der Waals surface area contributed by atoms with E-state index in [0.29, 0.717) is 3.92 Å². The summed E-state index contributed by atoms with van der Waals surface area (Å²) in [5.74, 6) is 0. The van der Waals surface area contributed by atoms with E-state index < -0.39 is 0 Å². The number of rotatable bonds is 4. The van der Waals surface area contributed by atoms with E-state index in [1.54, 1.807) is 0 Å². The zero-order valence-corrected chi connectivity index (χ0v) is 9.18. The Hall–Kier alpha value is 1.42. The fourth-order valence-electron chi connectivity index (χ4n) is 0.300. The van der Waals surface area contributed by atoms with Crippen molar-refractivity contribution in [3.05, 3.63) is 0 Å². The topological polar surface area (TPSA) is 9.23 Å². The number of halogens is 2. The Balaban J connectivity index is 2.72. The molecule has 0 N–H and O–H groups in total. The van der Waals surface area contributed by atoms with E-state index >= 15 is 0 Å². The summed E-state index contributed by atoms with van der Waals surface area (Å²) in [4.78, 5) is 0. The van der Waals surface area contributed by atoms with Crippen LogP contribution in [0.5, 0.6) is 0 Å². The van der Waals surface area contributed by atoms with Crippen LogP contribution < -0.4 is 0 Å². The molecule has 1 atom stereocenters. The van der Waals surface area contributed by atoms with E-state index in [2.05, 4.69) is 52.1 Å². The fraction of sp³-hybridized carbons (Fsp3) is 1.00. The van der Waals surface area contributed by atoms with Crippen LogP contribution in [-0.4, -0.2) is 21.6 Å².